The summed E-state index contributed by atoms with van der Waals surface area (Å²) in [5.74, 6) is 0. The molecule has 0 fully saturated rings. The van der Waals surface area contributed by atoms with E-state index >= 15 is 0 Å². The fraction of sp³-hybridized carbons (Fsp3) is 0.273. The number of rotatable bonds is 4. The van der Waals surface area contributed by atoms with Crippen LogP contribution in [0.4, 0.5) is 0 Å². The van der Waals surface area contributed by atoms with Crippen LogP contribution in [0.1, 0.15) is 5.56 Å². The van der Waals surface area contributed by atoms with Crippen LogP contribution in [0.25, 0.3) is 11.3 Å². The van der Waals surface area contributed by atoms with E-state index in [1.54, 1.807) is 17.1 Å². The van der Waals surface area contributed by atoms with Gasteiger partial charge in [-0.25, -0.2) is 0 Å². The number of pyridine rings is 1. The highest BCUT2D eigenvalue weighted by molar-refractivity contribution is 5.61. The van der Waals surface area contributed by atoms with Crippen LogP contribution in [0.2, 0.25) is 0 Å². The van der Waals surface area contributed by atoms with E-state index in [1.807, 2.05) is 18.3 Å². The van der Waals surface area contributed by atoms with E-state index in [9.17, 15) is 0 Å². The first-order valence-electron chi connectivity index (χ1n) is 5.13. The third-order valence-corrected chi connectivity index (χ3v) is 2.35. The SMILES string of the molecule is NCc1cccnc1-c1cnn(CCO)c1. The molecule has 16 heavy (non-hydrogen) atoms. The molecule has 0 aliphatic rings. The second-order valence-corrected chi connectivity index (χ2v) is 3.43. The number of hydrogen-bond acceptors (Lipinski definition) is 4. The van der Waals surface area contributed by atoms with Gasteiger partial charge in [0.2, 0.25) is 0 Å². The van der Waals surface area contributed by atoms with Gasteiger partial charge in [-0.3, -0.25) is 9.67 Å². The maximum Gasteiger partial charge on any atom is 0.0778 e. The fourth-order valence-electron chi connectivity index (χ4n) is 1.57. The van der Waals surface area contributed by atoms with Gasteiger partial charge in [0.25, 0.3) is 0 Å². The molecule has 0 spiro atoms. The third kappa shape index (κ3) is 2.10. The second-order valence-electron chi connectivity index (χ2n) is 3.43. The quantitative estimate of drug-likeness (QED) is 0.778. The molecule has 0 amide bonds. The molecule has 0 atom stereocenters. The van der Waals surface area contributed by atoms with Gasteiger partial charge in [0.05, 0.1) is 25.0 Å². The summed E-state index contributed by atoms with van der Waals surface area (Å²) in [7, 11) is 0. The predicted octanol–water partition coefficient (Wildman–Crippen LogP) is 0.396. The first-order chi connectivity index (χ1) is 7.85. The maximum atomic E-state index is 8.80. The Labute approximate surface area is 93.5 Å². The Morgan fingerprint density at radius 3 is 3.06 bits per heavy atom. The molecule has 2 aromatic rings. The topological polar surface area (TPSA) is 77.0 Å². The van der Waals surface area contributed by atoms with Gasteiger partial charge < -0.3 is 10.8 Å². The van der Waals surface area contributed by atoms with E-state index in [2.05, 4.69) is 10.1 Å². The lowest BCUT2D eigenvalue weighted by molar-refractivity contribution is 0.269. The van der Waals surface area contributed by atoms with Crippen molar-refractivity contribution < 1.29 is 5.11 Å². The monoisotopic (exact) mass is 218 g/mol. The van der Waals surface area contributed by atoms with Crippen LogP contribution in [0.15, 0.2) is 30.7 Å². The molecule has 0 aliphatic heterocycles. The summed E-state index contributed by atoms with van der Waals surface area (Å²) in [5, 5.41) is 12.9. The number of hydrogen-bond donors (Lipinski definition) is 2. The largest absolute Gasteiger partial charge is 0.394 e. The van der Waals surface area contributed by atoms with Crippen LogP contribution in [0.5, 0.6) is 0 Å². The summed E-state index contributed by atoms with van der Waals surface area (Å²) in [6.07, 6.45) is 5.33. The highest BCUT2D eigenvalue weighted by atomic mass is 16.3. The van der Waals surface area contributed by atoms with E-state index in [1.165, 1.54) is 0 Å². The number of aliphatic hydroxyl groups excluding tert-OH is 1. The lowest BCUT2D eigenvalue weighted by Crippen LogP contribution is -2.02. The van der Waals surface area contributed by atoms with Crippen LogP contribution in [-0.4, -0.2) is 26.5 Å². The summed E-state index contributed by atoms with van der Waals surface area (Å²) in [4.78, 5) is 4.30. The van der Waals surface area contributed by atoms with Crippen LogP contribution in [0.3, 0.4) is 0 Å². The van der Waals surface area contributed by atoms with Crippen molar-refractivity contribution in [2.24, 2.45) is 5.73 Å². The summed E-state index contributed by atoms with van der Waals surface area (Å²) in [5.41, 5.74) is 8.42. The van der Waals surface area contributed by atoms with Gasteiger partial charge in [0.1, 0.15) is 0 Å². The van der Waals surface area contributed by atoms with E-state index in [4.69, 9.17) is 10.8 Å². The second kappa shape index (κ2) is 4.87. The first kappa shape index (κ1) is 10.8. The average molecular weight is 218 g/mol. The minimum absolute atomic E-state index is 0.0765. The molecule has 0 radical (unpaired) electrons. The van der Waals surface area contributed by atoms with Gasteiger partial charge in [-0.05, 0) is 11.6 Å². The van der Waals surface area contributed by atoms with Gasteiger partial charge in [0.15, 0.2) is 0 Å². The van der Waals surface area contributed by atoms with E-state index in [0.717, 1.165) is 16.8 Å². The molecule has 0 aromatic carbocycles. The summed E-state index contributed by atoms with van der Waals surface area (Å²) in [6, 6.07) is 3.82. The van der Waals surface area contributed by atoms with Crippen molar-refractivity contribution in [3.8, 4) is 11.3 Å². The number of aliphatic hydroxyl groups is 1. The molecule has 0 saturated heterocycles. The Morgan fingerprint density at radius 2 is 2.31 bits per heavy atom. The predicted molar refractivity (Wildman–Crippen MR) is 60.4 cm³/mol. The van der Waals surface area contributed by atoms with Gasteiger partial charge >= 0.3 is 0 Å². The molecule has 5 heteroatoms. The average Bonchev–Trinajstić information content (AvgIpc) is 2.78. The molecule has 0 bridgehead atoms. The zero-order valence-electron chi connectivity index (χ0n) is 8.87. The fourth-order valence-corrected chi connectivity index (χ4v) is 1.57. The van der Waals surface area contributed by atoms with Gasteiger partial charge in [-0.1, -0.05) is 6.07 Å². The third-order valence-electron chi connectivity index (χ3n) is 2.35. The zero-order chi connectivity index (χ0) is 11.4. The number of nitrogens with zero attached hydrogens (tertiary/aromatic N) is 3. The molecule has 2 rings (SSSR count). The van der Waals surface area contributed by atoms with Crippen molar-refractivity contribution >= 4 is 0 Å². The Bertz CT molecular complexity index is 467. The van der Waals surface area contributed by atoms with E-state index < -0.39 is 0 Å². The smallest absolute Gasteiger partial charge is 0.0778 e. The Kier molecular flexibility index (Phi) is 3.28. The minimum atomic E-state index is 0.0765. The highest BCUT2D eigenvalue weighted by Crippen LogP contribution is 2.19. The molecule has 0 unspecified atom stereocenters. The van der Waals surface area contributed by atoms with Crippen molar-refractivity contribution in [1.29, 1.82) is 0 Å². The van der Waals surface area contributed by atoms with Crippen molar-refractivity contribution in [2.75, 3.05) is 6.61 Å². The summed E-state index contributed by atoms with van der Waals surface area (Å²) < 4.78 is 1.68. The van der Waals surface area contributed by atoms with Gasteiger partial charge in [0, 0.05) is 24.5 Å². The van der Waals surface area contributed by atoms with E-state index in [-0.39, 0.29) is 6.61 Å². The van der Waals surface area contributed by atoms with Crippen LogP contribution >= 0.6 is 0 Å². The van der Waals surface area contributed by atoms with Crippen LogP contribution in [-0.2, 0) is 13.1 Å². The molecule has 84 valence electrons. The Morgan fingerprint density at radius 1 is 1.44 bits per heavy atom. The van der Waals surface area contributed by atoms with Crippen LogP contribution < -0.4 is 5.73 Å². The van der Waals surface area contributed by atoms with Crippen molar-refractivity contribution in [3.05, 3.63) is 36.3 Å². The van der Waals surface area contributed by atoms with Crippen molar-refractivity contribution in [1.82, 2.24) is 14.8 Å². The molecular weight excluding hydrogens is 204 g/mol. The molecule has 0 aliphatic carbocycles. The summed E-state index contributed by atoms with van der Waals surface area (Å²) >= 11 is 0. The number of aromatic nitrogens is 3. The van der Waals surface area contributed by atoms with Crippen molar-refractivity contribution in [3.63, 3.8) is 0 Å². The lowest BCUT2D eigenvalue weighted by Gasteiger charge is -2.02. The molecule has 0 saturated carbocycles. The summed E-state index contributed by atoms with van der Waals surface area (Å²) in [6.45, 7) is 1.02. The van der Waals surface area contributed by atoms with E-state index in [0.29, 0.717) is 13.1 Å². The molecular formula is C11H14N4O. The Hall–Kier alpha value is -1.72. The van der Waals surface area contributed by atoms with Crippen LogP contribution in [0, 0.1) is 0 Å². The minimum Gasteiger partial charge on any atom is -0.394 e. The molecule has 5 nitrogen and oxygen atoms in total. The van der Waals surface area contributed by atoms with Gasteiger partial charge in [-0.15, -0.1) is 0 Å². The molecule has 2 aromatic heterocycles. The van der Waals surface area contributed by atoms with Gasteiger partial charge in [-0.2, -0.15) is 5.10 Å². The maximum absolute atomic E-state index is 8.80. The normalized spacial score (nSPS) is 10.6. The lowest BCUT2D eigenvalue weighted by atomic mass is 10.1. The zero-order valence-corrected chi connectivity index (χ0v) is 8.87. The first-order valence-corrected chi connectivity index (χ1v) is 5.13. The number of nitrogens with two attached hydrogens (primary N) is 1. The molecule has 3 N–H and O–H groups in total. The highest BCUT2D eigenvalue weighted by Gasteiger charge is 2.07. The standard InChI is InChI=1S/C11H14N4O/c12-6-9-2-1-3-13-11(9)10-7-14-15(8-10)4-5-16/h1-3,7-8,16H,4-6,12H2. The van der Waals surface area contributed by atoms with Crippen molar-refractivity contribution in [2.45, 2.75) is 13.1 Å². The Balaban J connectivity index is 2.34. The molecule has 2 heterocycles.